The summed E-state index contributed by atoms with van der Waals surface area (Å²) in [7, 11) is 0. The summed E-state index contributed by atoms with van der Waals surface area (Å²) in [5.74, 6) is 0.661. The second-order valence-electron chi connectivity index (χ2n) is 7.29. The van der Waals surface area contributed by atoms with Crippen LogP contribution in [-0.2, 0) is 0 Å². The number of nitro groups is 1. The van der Waals surface area contributed by atoms with Gasteiger partial charge in [0, 0.05) is 12.6 Å². The smallest absolute Gasteiger partial charge is 0.353 e. The van der Waals surface area contributed by atoms with Crippen LogP contribution < -0.4 is 10.6 Å². The fraction of sp³-hybridized carbons (Fsp3) is 0.684. The van der Waals surface area contributed by atoms with Gasteiger partial charge in [-0.25, -0.2) is 9.97 Å². The monoisotopic (exact) mass is 359 g/mol. The molecule has 0 spiro atoms. The predicted molar refractivity (Wildman–Crippen MR) is 103 cm³/mol. The summed E-state index contributed by atoms with van der Waals surface area (Å²) in [6.07, 6.45) is 16.3. The highest BCUT2D eigenvalue weighted by Crippen LogP contribution is 2.31. The first-order valence-electron chi connectivity index (χ1n) is 9.92. The first-order chi connectivity index (χ1) is 12.7. The van der Waals surface area contributed by atoms with Gasteiger partial charge in [-0.05, 0) is 44.9 Å². The summed E-state index contributed by atoms with van der Waals surface area (Å²) in [5.41, 5.74) is 1.41. The molecule has 1 fully saturated rings. The van der Waals surface area contributed by atoms with E-state index in [1.54, 1.807) is 0 Å². The van der Waals surface area contributed by atoms with Gasteiger partial charge in [-0.3, -0.25) is 10.1 Å². The number of hydrogen-bond acceptors (Lipinski definition) is 6. The predicted octanol–water partition coefficient (Wildman–Crippen LogP) is 4.82. The highest BCUT2D eigenvalue weighted by molar-refractivity contribution is 5.69. The molecule has 1 aromatic heterocycles. The summed E-state index contributed by atoms with van der Waals surface area (Å²) in [4.78, 5) is 19.6. The molecule has 1 heterocycles. The molecular weight excluding hydrogens is 330 g/mol. The van der Waals surface area contributed by atoms with Crippen molar-refractivity contribution in [1.29, 1.82) is 0 Å². The summed E-state index contributed by atoms with van der Waals surface area (Å²) in [6.45, 7) is 0.659. The Morgan fingerprint density at radius 1 is 1.08 bits per heavy atom. The minimum Gasteiger partial charge on any atom is -0.364 e. The molecule has 1 aromatic rings. The van der Waals surface area contributed by atoms with E-state index in [4.69, 9.17) is 0 Å². The molecule has 0 saturated heterocycles. The molecular formula is C19H29N5O2. The molecule has 3 rings (SSSR count). The van der Waals surface area contributed by atoms with Crippen molar-refractivity contribution in [3.05, 3.63) is 28.1 Å². The number of aromatic nitrogens is 2. The van der Waals surface area contributed by atoms with Gasteiger partial charge in [0.25, 0.3) is 0 Å². The average molecular weight is 359 g/mol. The molecule has 0 atom stereocenters. The third-order valence-corrected chi connectivity index (χ3v) is 5.32. The van der Waals surface area contributed by atoms with Crippen LogP contribution in [0.2, 0.25) is 0 Å². The minimum absolute atomic E-state index is 0.0330. The molecule has 0 aliphatic heterocycles. The Hall–Kier alpha value is -2.18. The van der Waals surface area contributed by atoms with E-state index in [-0.39, 0.29) is 16.7 Å². The second kappa shape index (κ2) is 9.50. The van der Waals surface area contributed by atoms with Gasteiger partial charge in [0.2, 0.25) is 11.6 Å². The first kappa shape index (κ1) is 18.6. The largest absolute Gasteiger partial charge is 0.364 e. The molecule has 7 nitrogen and oxygen atoms in total. The molecule has 26 heavy (non-hydrogen) atoms. The van der Waals surface area contributed by atoms with E-state index in [1.165, 1.54) is 37.6 Å². The third kappa shape index (κ3) is 5.16. The Bertz CT molecular complexity index is 639. The van der Waals surface area contributed by atoms with E-state index in [2.05, 4.69) is 26.7 Å². The molecule has 0 radical (unpaired) electrons. The van der Waals surface area contributed by atoms with Crippen LogP contribution in [0, 0.1) is 10.1 Å². The van der Waals surface area contributed by atoms with Crippen LogP contribution in [0.25, 0.3) is 0 Å². The van der Waals surface area contributed by atoms with Gasteiger partial charge < -0.3 is 10.6 Å². The number of rotatable bonds is 7. The van der Waals surface area contributed by atoms with Gasteiger partial charge in [0.15, 0.2) is 0 Å². The number of nitrogens with zero attached hydrogens (tertiary/aromatic N) is 3. The van der Waals surface area contributed by atoms with Gasteiger partial charge in [-0.15, -0.1) is 0 Å². The van der Waals surface area contributed by atoms with E-state index >= 15 is 0 Å². The number of nitrogens with one attached hydrogen (secondary N) is 2. The van der Waals surface area contributed by atoms with Crippen molar-refractivity contribution in [2.24, 2.45) is 0 Å². The van der Waals surface area contributed by atoms with Crippen LogP contribution >= 0.6 is 0 Å². The molecule has 142 valence electrons. The highest BCUT2D eigenvalue weighted by Gasteiger charge is 2.25. The van der Waals surface area contributed by atoms with Crippen molar-refractivity contribution >= 4 is 17.3 Å². The van der Waals surface area contributed by atoms with Crippen molar-refractivity contribution in [3.63, 3.8) is 0 Å². The molecule has 2 aliphatic carbocycles. The lowest BCUT2D eigenvalue weighted by Gasteiger charge is -2.17. The Morgan fingerprint density at radius 3 is 2.54 bits per heavy atom. The average Bonchev–Trinajstić information content (AvgIpc) is 2.91. The molecule has 0 unspecified atom stereocenters. The molecule has 0 amide bonds. The van der Waals surface area contributed by atoms with E-state index in [1.807, 2.05) is 0 Å². The van der Waals surface area contributed by atoms with E-state index in [0.29, 0.717) is 18.2 Å². The Labute approximate surface area is 154 Å². The normalized spacial score (nSPS) is 18.7. The van der Waals surface area contributed by atoms with Crippen molar-refractivity contribution in [1.82, 2.24) is 9.97 Å². The van der Waals surface area contributed by atoms with Gasteiger partial charge in [-0.2, -0.15) is 0 Å². The minimum atomic E-state index is -0.374. The fourth-order valence-electron chi connectivity index (χ4n) is 3.88. The van der Waals surface area contributed by atoms with Crippen LogP contribution in [0.3, 0.4) is 0 Å². The summed E-state index contributed by atoms with van der Waals surface area (Å²) < 4.78 is 0. The summed E-state index contributed by atoms with van der Waals surface area (Å²) in [6, 6.07) is 0.256. The van der Waals surface area contributed by atoms with Crippen LogP contribution in [0.4, 0.5) is 17.3 Å². The maximum absolute atomic E-state index is 11.7. The quantitative estimate of drug-likeness (QED) is 0.314. The van der Waals surface area contributed by atoms with Crippen molar-refractivity contribution < 1.29 is 4.92 Å². The molecule has 0 bridgehead atoms. The van der Waals surface area contributed by atoms with Crippen molar-refractivity contribution in [3.8, 4) is 0 Å². The lowest BCUT2D eigenvalue weighted by Crippen LogP contribution is -2.20. The van der Waals surface area contributed by atoms with Crippen LogP contribution in [0.15, 0.2) is 18.0 Å². The Kier molecular flexibility index (Phi) is 6.80. The van der Waals surface area contributed by atoms with Gasteiger partial charge in [0.05, 0.1) is 4.92 Å². The second-order valence-corrected chi connectivity index (χ2v) is 7.29. The molecule has 0 aromatic carbocycles. The highest BCUT2D eigenvalue weighted by atomic mass is 16.6. The van der Waals surface area contributed by atoms with E-state index in [9.17, 15) is 10.1 Å². The summed E-state index contributed by atoms with van der Waals surface area (Å²) >= 11 is 0. The van der Waals surface area contributed by atoms with Crippen molar-refractivity contribution in [2.45, 2.75) is 76.7 Å². The zero-order valence-corrected chi connectivity index (χ0v) is 15.4. The van der Waals surface area contributed by atoms with E-state index < -0.39 is 0 Å². The third-order valence-electron chi connectivity index (χ3n) is 5.32. The van der Waals surface area contributed by atoms with Gasteiger partial charge in [-0.1, -0.05) is 37.3 Å². The molecule has 2 N–H and O–H groups in total. The SMILES string of the molecule is O=[N+]([O-])c1c(NCCC2=CCCCC2)ncnc1NC1CCCCCC1. The number of hydrogen-bond donors (Lipinski definition) is 2. The van der Waals surface area contributed by atoms with Crippen LogP contribution in [0.5, 0.6) is 0 Å². The zero-order valence-electron chi connectivity index (χ0n) is 15.4. The zero-order chi connectivity index (χ0) is 18.2. The lowest BCUT2D eigenvalue weighted by molar-refractivity contribution is -0.383. The molecule has 7 heteroatoms. The maximum atomic E-state index is 11.7. The Balaban J connectivity index is 1.66. The van der Waals surface area contributed by atoms with Gasteiger partial charge in [0.1, 0.15) is 6.33 Å². The molecule has 1 saturated carbocycles. The standard InChI is InChI=1S/C19H29N5O2/c25-24(26)17-18(20-13-12-15-8-4-3-5-9-15)21-14-22-19(17)23-16-10-6-1-2-7-11-16/h8,14,16H,1-7,9-13H2,(H2,20,21,22,23). The lowest BCUT2D eigenvalue weighted by atomic mass is 9.97. The van der Waals surface area contributed by atoms with Crippen LogP contribution in [-0.4, -0.2) is 27.5 Å². The van der Waals surface area contributed by atoms with Crippen molar-refractivity contribution in [2.75, 3.05) is 17.2 Å². The fourth-order valence-corrected chi connectivity index (χ4v) is 3.88. The number of anilines is 2. The Morgan fingerprint density at radius 2 is 1.85 bits per heavy atom. The maximum Gasteiger partial charge on any atom is 0.353 e. The molecule has 2 aliphatic rings. The first-order valence-corrected chi connectivity index (χ1v) is 9.92. The van der Waals surface area contributed by atoms with Gasteiger partial charge >= 0.3 is 5.69 Å². The van der Waals surface area contributed by atoms with E-state index in [0.717, 1.165) is 44.9 Å². The van der Waals surface area contributed by atoms with Crippen LogP contribution in [0.1, 0.15) is 70.6 Å². The topological polar surface area (TPSA) is 93.0 Å². The number of allylic oxidation sites excluding steroid dienone is 1. The summed E-state index contributed by atoms with van der Waals surface area (Å²) in [5, 5.41) is 18.1.